The maximum atomic E-state index is 12.2. The molecule has 1 fully saturated rings. The Labute approximate surface area is 170 Å². The van der Waals surface area contributed by atoms with Gasteiger partial charge in [0.25, 0.3) is 5.91 Å². The van der Waals surface area contributed by atoms with Crippen LogP contribution >= 0.6 is 0 Å². The Morgan fingerprint density at radius 3 is 2.41 bits per heavy atom. The molecule has 1 heterocycles. The summed E-state index contributed by atoms with van der Waals surface area (Å²) in [6.07, 6.45) is -0.309. The van der Waals surface area contributed by atoms with E-state index in [-0.39, 0.29) is 6.61 Å². The van der Waals surface area contributed by atoms with Crippen molar-refractivity contribution in [2.24, 2.45) is 0 Å². The monoisotopic (exact) mass is 398 g/mol. The topological polar surface area (TPSA) is 77.1 Å². The average molecular weight is 398 g/mol. The van der Waals surface area contributed by atoms with Gasteiger partial charge in [-0.15, -0.1) is 0 Å². The Hall–Kier alpha value is -3.06. The maximum Gasteiger partial charge on any atom is 0.347 e. The van der Waals surface area contributed by atoms with Crippen molar-refractivity contribution in [2.45, 2.75) is 19.4 Å². The van der Waals surface area contributed by atoms with Crippen molar-refractivity contribution < 1.29 is 23.8 Å². The molecule has 2 aromatic carbocycles. The minimum Gasteiger partial charge on any atom is -0.479 e. The van der Waals surface area contributed by atoms with E-state index in [4.69, 9.17) is 14.2 Å². The van der Waals surface area contributed by atoms with E-state index < -0.39 is 18.0 Å². The Morgan fingerprint density at radius 2 is 1.76 bits per heavy atom. The first-order valence-electron chi connectivity index (χ1n) is 9.76. The van der Waals surface area contributed by atoms with Crippen LogP contribution in [0.1, 0.15) is 13.3 Å². The van der Waals surface area contributed by atoms with Crippen LogP contribution in [-0.4, -0.2) is 50.9 Å². The fourth-order valence-electron chi connectivity index (χ4n) is 2.97. The van der Waals surface area contributed by atoms with Crippen LogP contribution in [0.2, 0.25) is 0 Å². The highest BCUT2D eigenvalue weighted by Crippen LogP contribution is 2.19. The van der Waals surface area contributed by atoms with Crippen LogP contribution in [0, 0.1) is 0 Å². The van der Waals surface area contributed by atoms with Gasteiger partial charge in [0.2, 0.25) is 0 Å². The lowest BCUT2D eigenvalue weighted by Crippen LogP contribution is -2.36. The minimum atomic E-state index is -0.752. The smallest absolute Gasteiger partial charge is 0.347 e. The molecule has 3 rings (SSSR count). The number of benzene rings is 2. The van der Waals surface area contributed by atoms with Crippen molar-refractivity contribution >= 4 is 23.3 Å². The first kappa shape index (κ1) is 20.7. The summed E-state index contributed by atoms with van der Waals surface area (Å²) >= 11 is 0. The number of nitrogens with one attached hydrogen (secondary N) is 1. The molecule has 1 aliphatic heterocycles. The fraction of sp³-hybridized carbons (Fsp3) is 0.364. The standard InChI is InChI=1S/C22H26N2O5/c1-2-20(29-19-6-4-3-5-7-19)22(26)28-16-21(25)23-17-8-10-18(11-9-17)24-12-14-27-15-13-24/h3-11,20H,2,12-16H2,1H3,(H,23,25)/t20-/m1/s1. The van der Waals surface area contributed by atoms with Gasteiger partial charge >= 0.3 is 5.97 Å². The maximum absolute atomic E-state index is 12.2. The number of amides is 1. The molecule has 1 aliphatic rings. The number of rotatable bonds is 8. The summed E-state index contributed by atoms with van der Waals surface area (Å²) in [4.78, 5) is 26.6. The van der Waals surface area contributed by atoms with Crippen molar-refractivity contribution in [3.8, 4) is 5.75 Å². The molecule has 0 radical (unpaired) electrons. The van der Waals surface area contributed by atoms with Crippen LogP contribution in [-0.2, 0) is 19.1 Å². The largest absolute Gasteiger partial charge is 0.479 e. The summed E-state index contributed by atoms with van der Waals surface area (Å²) in [5.41, 5.74) is 1.73. The molecule has 2 aromatic rings. The van der Waals surface area contributed by atoms with Gasteiger partial charge in [-0.25, -0.2) is 4.79 Å². The lowest BCUT2D eigenvalue weighted by molar-refractivity contribution is -0.154. The SMILES string of the molecule is CC[C@@H](Oc1ccccc1)C(=O)OCC(=O)Nc1ccc(N2CCOCC2)cc1. The Bertz CT molecular complexity index is 789. The number of hydrogen-bond donors (Lipinski definition) is 1. The number of para-hydroxylation sites is 1. The summed E-state index contributed by atoms with van der Waals surface area (Å²) in [7, 11) is 0. The van der Waals surface area contributed by atoms with E-state index in [1.54, 1.807) is 12.1 Å². The van der Waals surface area contributed by atoms with Gasteiger partial charge in [-0.05, 0) is 42.8 Å². The van der Waals surface area contributed by atoms with Crippen LogP contribution in [0.3, 0.4) is 0 Å². The molecular formula is C22H26N2O5. The van der Waals surface area contributed by atoms with E-state index in [1.165, 1.54) is 0 Å². The predicted molar refractivity (Wildman–Crippen MR) is 110 cm³/mol. The molecule has 0 spiro atoms. The zero-order valence-corrected chi connectivity index (χ0v) is 16.5. The van der Waals surface area contributed by atoms with E-state index in [9.17, 15) is 9.59 Å². The van der Waals surface area contributed by atoms with Crippen molar-refractivity contribution in [3.63, 3.8) is 0 Å². The number of nitrogens with zero attached hydrogens (tertiary/aromatic N) is 1. The molecule has 0 unspecified atom stereocenters. The van der Waals surface area contributed by atoms with Crippen molar-refractivity contribution in [1.29, 1.82) is 0 Å². The van der Waals surface area contributed by atoms with Crippen molar-refractivity contribution in [2.75, 3.05) is 43.1 Å². The first-order valence-corrected chi connectivity index (χ1v) is 9.76. The molecule has 154 valence electrons. The van der Waals surface area contributed by atoms with Gasteiger partial charge in [0, 0.05) is 24.5 Å². The Balaban J connectivity index is 1.45. The lowest BCUT2D eigenvalue weighted by atomic mass is 10.2. The average Bonchev–Trinajstić information content (AvgIpc) is 2.77. The second-order valence-corrected chi connectivity index (χ2v) is 6.63. The van der Waals surface area contributed by atoms with E-state index >= 15 is 0 Å². The first-order chi connectivity index (χ1) is 14.2. The number of ether oxygens (including phenoxy) is 3. The molecule has 0 aliphatic carbocycles. The molecule has 0 saturated carbocycles. The number of esters is 1. The second-order valence-electron chi connectivity index (χ2n) is 6.63. The van der Waals surface area contributed by atoms with Crippen LogP contribution in [0.25, 0.3) is 0 Å². The quantitative estimate of drug-likeness (QED) is 0.689. The third kappa shape index (κ3) is 6.22. The Kier molecular flexibility index (Phi) is 7.47. The van der Waals surface area contributed by atoms with E-state index in [0.717, 1.165) is 32.0 Å². The molecule has 1 N–H and O–H groups in total. The van der Waals surface area contributed by atoms with E-state index in [2.05, 4.69) is 10.2 Å². The molecule has 1 saturated heterocycles. The molecule has 0 bridgehead atoms. The second kappa shape index (κ2) is 10.5. The normalized spacial score (nSPS) is 14.7. The minimum absolute atomic E-state index is 0.362. The number of anilines is 2. The van der Waals surface area contributed by atoms with Crippen LogP contribution in [0.4, 0.5) is 11.4 Å². The molecule has 29 heavy (non-hydrogen) atoms. The zero-order valence-electron chi connectivity index (χ0n) is 16.5. The highest BCUT2D eigenvalue weighted by atomic mass is 16.6. The van der Waals surface area contributed by atoms with Gasteiger partial charge in [0.1, 0.15) is 5.75 Å². The number of carbonyl (C=O) groups is 2. The molecule has 1 amide bonds. The van der Waals surface area contributed by atoms with Crippen LogP contribution in [0.15, 0.2) is 54.6 Å². The Morgan fingerprint density at radius 1 is 1.07 bits per heavy atom. The van der Waals surface area contributed by atoms with E-state index in [1.807, 2.05) is 49.4 Å². The highest BCUT2D eigenvalue weighted by Gasteiger charge is 2.21. The molecule has 7 heteroatoms. The predicted octanol–water partition coefficient (Wildman–Crippen LogP) is 2.86. The number of carbonyl (C=O) groups excluding carboxylic acids is 2. The third-order valence-electron chi connectivity index (χ3n) is 4.53. The van der Waals surface area contributed by atoms with E-state index in [0.29, 0.717) is 17.9 Å². The van der Waals surface area contributed by atoms with Crippen LogP contribution < -0.4 is 15.0 Å². The summed E-state index contributed by atoms with van der Waals surface area (Å²) in [5.74, 6) is -0.373. The summed E-state index contributed by atoms with van der Waals surface area (Å²) in [6, 6.07) is 16.6. The number of morpholine rings is 1. The summed E-state index contributed by atoms with van der Waals surface area (Å²) in [6.45, 7) is 4.60. The molecule has 1 atom stereocenters. The molecular weight excluding hydrogens is 372 g/mol. The zero-order chi connectivity index (χ0) is 20.5. The van der Waals surface area contributed by atoms with Gasteiger partial charge in [0.05, 0.1) is 13.2 Å². The van der Waals surface area contributed by atoms with Gasteiger partial charge < -0.3 is 24.4 Å². The molecule has 0 aromatic heterocycles. The highest BCUT2D eigenvalue weighted by molar-refractivity contribution is 5.93. The van der Waals surface area contributed by atoms with Gasteiger partial charge in [-0.1, -0.05) is 25.1 Å². The fourth-order valence-corrected chi connectivity index (χ4v) is 2.97. The summed E-state index contributed by atoms with van der Waals surface area (Å²) < 4.78 is 16.1. The lowest BCUT2D eigenvalue weighted by Gasteiger charge is -2.28. The van der Waals surface area contributed by atoms with Gasteiger partial charge in [0.15, 0.2) is 12.7 Å². The van der Waals surface area contributed by atoms with Crippen molar-refractivity contribution in [3.05, 3.63) is 54.6 Å². The van der Waals surface area contributed by atoms with Crippen LogP contribution in [0.5, 0.6) is 5.75 Å². The van der Waals surface area contributed by atoms with Gasteiger partial charge in [-0.3, -0.25) is 4.79 Å². The third-order valence-corrected chi connectivity index (χ3v) is 4.53. The molecule has 7 nitrogen and oxygen atoms in total. The number of hydrogen-bond acceptors (Lipinski definition) is 6. The van der Waals surface area contributed by atoms with Crippen molar-refractivity contribution in [1.82, 2.24) is 0 Å². The summed E-state index contributed by atoms with van der Waals surface area (Å²) in [5, 5.41) is 2.73. The van der Waals surface area contributed by atoms with Gasteiger partial charge in [-0.2, -0.15) is 0 Å².